The molecule has 0 saturated carbocycles. The highest BCUT2D eigenvalue weighted by molar-refractivity contribution is 8.03. The van der Waals surface area contributed by atoms with E-state index in [-0.39, 0.29) is 23.9 Å². The molecule has 0 fully saturated rings. The first-order valence-electron chi connectivity index (χ1n) is 8.76. The van der Waals surface area contributed by atoms with E-state index in [2.05, 4.69) is 10.6 Å². The molecule has 9 heteroatoms. The number of imide groups is 1. The second-order valence-corrected chi connectivity index (χ2v) is 7.02. The predicted octanol–water partition coefficient (Wildman–Crippen LogP) is 3.54. The zero-order chi connectivity index (χ0) is 20.8. The van der Waals surface area contributed by atoms with Crippen LogP contribution in [0.25, 0.3) is 0 Å². The molecule has 0 aliphatic carbocycles. The number of hydrogen-bond donors (Lipinski definition) is 2. The summed E-state index contributed by atoms with van der Waals surface area (Å²) in [7, 11) is 1.56. The van der Waals surface area contributed by atoms with Crippen LogP contribution < -0.4 is 10.6 Å². The van der Waals surface area contributed by atoms with E-state index in [1.807, 2.05) is 5.40 Å². The van der Waals surface area contributed by atoms with Gasteiger partial charge in [-0.3, -0.25) is 14.5 Å². The van der Waals surface area contributed by atoms with Crippen LogP contribution in [0, 0.1) is 10.7 Å². The summed E-state index contributed by atoms with van der Waals surface area (Å²) in [5, 5.41) is 16.0. The van der Waals surface area contributed by atoms with Crippen LogP contribution in [0.5, 0.6) is 0 Å². The largest absolute Gasteiger partial charge is 0.385 e. The Morgan fingerprint density at radius 2 is 1.72 bits per heavy atom. The minimum absolute atomic E-state index is 0.267. The van der Waals surface area contributed by atoms with E-state index in [1.165, 1.54) is 17.0 Å². The Morgan fingerprint density at radius 1 is 1.07 bits per heavy atom. The fourth-order valence-corrected chi connectivity index (χ4v) is 3.27. The second kappa shape index (κ2) is 9.23. The summed E-state index contributed by atoms with van der Waals surface area (Å²) in [6.45, 7) is 0.736. The summed E-state index contributed by atoms with van der Waals surface area (Å²) in [4.78, 5) is 39.1. The van der Waals surface area contributed by atoms with E-state index in [4.69, 9.17) is 10.00 Å². The Kier molecular flexibility index (Phi) is 6.49. The van der Waals surface area contributed by atoms with Crippen LogP contribution in [0.15, 0.2) is 47.4 Å². The molecule has 29 heavy (non-hydrogen) atoms. The second-order valence-electron chi connectivity index (χ2n) is 6.17. The summed E-state index contributed by atoms with van der Waals surface area (Å²) < 4.78 is 4.96. The molecule has 0 radical (unpaired) electrons. The molecule has 8 nitrogen and oxygen atoms in total. The van der Waals surface area contributed by atoms with Gasteiger partial charge in [0.15, 0.2) is 0 Å². The highest BCUT2D eigenvalue weighted by atomic mass is 32.2. The zero-order valence-electron chi connectivity index (χ0n) is 15.6. The standard InChI is InChI=1S/C20H18N4O4S/c1-28-10-2-9-24-18(25)16-8-5-14(11-17(16)19(24)26)23-20(27)22-13-3-6-15(7-4-13)29-12-21/h3-8,11H,2,9-10H2,1H3,(H2,22,23,27). The van der Waals surface area contributed by atoms with E-state index in [0.717, 1.165) is 16.7 Å². The number of thiocyanates is 1. The number of methoxy groups -OCH3 is 1. The Bertz CT molecular complexity index is 985. The Balaban J connectivity index is 1.65. The lowest BCUT2D eigenvalue weighted by Gasteiger charge is -2.12. The maximum Gasteiger partial charge on any atom is 0.323 e. The van der Waals surface area contributed by atoms with Crippen molar-refractivity contribution in [2.45, 2.75) is 11.3 Å². The summed E-state index contributed by atoms with van der Waals surface area (Å²) in [5.74, 6) is -0.719. The van der Waals surface area contributed by atoms with Gasteiger partial charge in [0, 0.05) is 36.5 Å². The topological polar surface area (TPSA) is 112 Å². The van der Waals surface area contributed by atoms with Gasteiger partial charge < -0.3 is 15.4 Å². The lowest BCUT2D eigenvalue weighted by molar-refractivity contribution is 0.0638. The van der Waals surface area contributed by atoms with E-state index in [1.54, 1.807) is 37.4 Å². The Morgan fingerprint density at radius 3 is 2.41 bits per heavy atom. The number of thioether (sulfide) groups is 1. The van der Waals surface area contributed by atoms with Crippen LogP contribution in [0.2, 0.25) is 0 Å². The van der Waals surface area contributed by atoms with Crippen molar-refractivity contribution in [1.29, 1.82) is 5.26 Å². The van der Waals surface area contributed by atoms with Crippen LogP contribution in [0.3, 0.4) is 0 Å². The molecule has 0 aromatic heterocycles. The minimum atomic E-state index is -0.487. The van der Waals surface area contributed by atoms with Gasteiger partial charge >= 0.3 is 6.03 Å². The number of hydrogen-bond acceptors (Lipinski definition) is 6. The summed E-state index contributed by atoms with van der Waals surface area (Å²) >= 11 is 1.03. The number of nitrogens with one attached hydrogen (secondary N) is 2. The van der Waals surface area contributed by atoms with Gasteiger partial charge in [0.1, 0.15) is 5.40 Å². The van der Waals surface area contributed by atoms with E-state index >= 15 is 0 Å². The molecular weight excluding hydrogens is 392 g/mol. The summed E-state index contributed by atoms with van der Waals surface area (Å²) in [6, 6.07) is 10.9. The number of rotatable bonds is 7. The molecule has 2 N–H and O–H groups in total. The van der Waals surface area contributed by atoms with Crippen LogP contribution >= 0.6 is 11.8 Å². The molecule has 2 aromatic carbocycles. The number of carbonyl (C=O) groups excluding carboxylic acids is 3. The molecule has 4 amide bonds. The molecule has 0 spiro atoms. The summed E-state index contributed by atoms with van der Waals surface area (Å²) in [6.07, 6.45) is 0.557. The molecule has 148 valence electrons. The van der Waals surface area contributed by atoms with Crippen molar-refractivity contribution in [3.63, 3.8) is 0 Å². The Labute approximate surface area is 171 Å². The first-order chi connectivity index (χ1) is 14.0. The van der Waals surface area contributed by atoms with Gasteiger partial charge in [0.25, 0.3) is 11.8 Å². The number of ether oxygens (including phenoxy) is 1. The molecule has 1 aliphatic heterocycles. The normalized spacial score (nSPS) is 12.5. The average molecular weight is 410 g/mol. The molecule has 0 atom stereocenters. The average Bonchev–Trinajstić information content (AvgIpc) is 2.94. The highest BCUT2D eigenvalue weighted by Gasteiger charge is 2.35. The first kappa shape index (κ1) is 20.4. The van der Waals surface area contributed by atoms with Gasteiger partial charge in [0.05, 0.1) is 11.1 Å². The van der Waals surface area contributed by atoms with Gasteiger partial charge in [-0.15, -0.1) is 0 Å². The van der Waals surface area contributed by atoms with E-state index in [9.17, 15) is 14.4 Å². The van der Waals surface area contributed by atoms with E-state index in [0.29, 0.717) is 30.0 Å². The van der Waals surface area contributed by atoms with Crippen molar-refractivity contribution in [2.24, 2.45) is 0 Å². The molecule has 3 rings (SSSR count). The van der Waals surface area contributed by atoms with E-state index < -0.39 is 6.03 Å². The highest BCUT2D eigenvalue weighted by Crippen LogP contribution is 2.26. The van der Waals surface area contributed by atoms with Gasteiger partial charge in [-0.2, -0.15) is 5.26 Å². The van der Waals surface area contributed by atoms with Crippen LogP contribution in [0.1, 0.15) is 27.1 Å². The molecule has 1 aliphatic rings. The van der Waals surface area contributed by atoms with Crippen molar-refractivity contribution in [1.82, 2.24) is 4.90 Å². The third-order valence-corrected chi connectivity index (χ3v) is 4.83. The predicted molar refractivity (Wildman–Crippen MR) is 109 cm³/mol. The fourth-order valence-electron chi connectivity index (χ4n) is 2.89. The van der Waals surface area contributed by atoms with Crippen molar-refractivity contribution in [2.75, 3.05) is 30.9 Å². The molecule has 0 bridgehead atoms. The molecule has 2 aromatic rings. The van der Waals surface area contributed by atoms with Crippen molar-refractivity contribution in [3.8, 4) is 5.40 Å². The number of urea groups is 1. The lowest BCUT2D eigenvalue weighted by atomic mass is 10.1. The first-order valence-corrected chi connectivity index (χ1v) is 9.58. The third kappa shape index (κ3) is 4.74. The van der Waals surface area contributed by atoms with Gasteiger partial charge in [0.2, 0.25) is 0 Å². The molecule has 0 unspecified atom stereocenters. The Hall–Kier alpha value is -3.35. The molecule has 0 saturated heterocycles. The van der Waals surface area contributed by atoms with Gasteiger partial charge in [-0.05, 0) is 60.6 Å². The third-order valence-electron chi connectivity index (χ3n) is 4.23. The van der Waals surface area contributed by atoms with Gasteiger partial charge in [-0.1, -0.05) is 0 Å². The monoisotopic (exact) mass is 410 g/mol. The number of amides is 4. The van der Waals surface area contributed by atoms with Crippen LogP contribution in [-0.2, 0) is 4.74 Å². The number of anilines is 2. The van der Waals surface area contributed by atoms with Crippen LogP contribution in [0.4, 0.5) is 16.2 Å². The van der Waals surface area contributed by atoms with Crippen LogP contribution in [-0.4, -0.2) is 43.0 Å². The zero-order valence-corrected chi connectivity index (χ0v) is 16.4. The number of carbonyl (C=O) groups is 3. The maximum absolute atomic E-state index is 12.5. The van der Waals surface area contributed by atoms with Crippen molar-refractivity contribution in [3.05, 3.63) is 53.6 Å². The SMILES string of the molecule is COCCCN1C(=O)c2ccc(NC(=O)Nc3ccc(SC#N)cc3)cc2C1=O. The van der Waals surface area contributed by atoms with Gasteiger partial charge in [-0.25, -0.2) is 4.79 Å². The minimum Gasteiger partial charge on any atom is -0.385 e. The number of fused-ring (bicyclic) bond motifs is 1. The smallest absolute Gasteiger partial charge is 0.323 e. The maximum atomic E-state index is 12.5. The molecular formula is C20H18N4O4S. The summed E-state index contributed by atoms with van der Waals surface area (Å²) in [5.41, 5.74) is 1.55. The fraction of sp³-hybridized carbons (Fsp3) is 0.200. The van der Waals surface area contributed by atoms with Crippen molar-refractivity contribution >= 4 is 41.0 Å². The molecule has 1 heterocycles. The number of nitrogens with zero attached hydrogens (tertiary/aromatic N) is 2. The number of benzene rings is 2. The lowest BCUT2D eigenvalue weighted by Crippen LogP contribution is -2.31. The quantitative estimate of drug-likeness (QED) is 0.313. The number of nitriles is 1. The van der Waals surface area contributed by atoms with Crippen molar-refractivity contribution < 1.29 is 19.1 Å².